The second-order valence-electron chi connectivity index (χ2n) is 5.51. The summed E-state index contributed by atoms with van der Waals surface area (Å²) in [7, 11) is 0. The topological polar surface area (TPSA) is 64.4 Å². The lowest BCUT2D eigenvalue weighted by atomic mass is 10.0. The number of nitrogens with one attached hydrogen (secondary N) is 1. The van der Waals surface area contributed by atoms with Crippen molar-refractivity contribution in [1.82, 2.24) is 5.32 Å². The number of amides is 1. The summed E-state index contributed by atoms with van der Waals surface area (Å²) in [5.41, 5.74) is 7.72. The highest BCUT2D eigenvalue weighted by Crippen LogP contribution is 2.24. The van der Waals surface area contributed by atoms with Gasteiger partial charge in [-0.3, -0.25) is 4.79 Å². The summed E-state index contributed by atoms with van der Waals surface area (Å²) in [5.74, 6) is -0.152. The van der Waals surface area contributed by atoms with Gasteiger partial charge in [-0.25, -0.2) is 0 Å². The molecule has 2 rings (SSSR count). The molecule has 5 heteroatoms. The van der Waals surface area contributed by atoms with Crippen molar-refractivity contribution in [2.75, 3.05) is 13.2 Å². The van der Waals surface area contributed by atoms with E-state index in [1.807, 2.05) is 38.1 Å². The molecule has 2 atom stereocenters. The summed E-state index contributed by atoms with van der Waals surface area (Å²) in [5, 5.41) is 2.89. The Morgan fingerprint density at radius 1 is 1.45 bits per heavy atom. The van der Waals surface area contributed by atoms with Gasteiger partial charge in [0.25, 0.3) is 0 Å². The van der Waals surface area contributed by atoms with Crippen molar-refractivity contribution in [1.29, 1.82) is 0 Å². The number of aryl methyl sites for hydroxylation is 1. The van der Waals surface area contributed by atoms with Crippen LogP contribution in [0.3, 0.4) is 0 Å². The van der Waals surface area contributed by atoms with Crippen molar-refractivity contribution in [2.45, 2.75) is 38.3 Å². The predicted molar refractivity (Wildman–Crippen MR) is 82.0 cm³/mol. The van der Waals surface area contributed by atoms with Crippen LogP contribution in [0.25, 0.3) is 0 Å². The first-order valence-electron chi connectivity index (χ1n) is 6.74. The Labute approximate surface area is 126 Å². The van der Waals surface area contributed by atoms with Crippen molar-refractivity contribution in [2.24, 2.45) is 5.73 Å². The van der Waals surface area contributed by atoms with Crippen molar-refractivity contribution >= 4 is 18.3 Å². The predicted octanol–water partition coefficient (Wildman–Crippen LogP) is 2.10. The fourth-order valence-corrected chi connectivity index (χ4v) is 2.29. The van der Waals surface area contributed by atoms with Crippen LogP contribution in [0.15, 0.2) is 24.3 Å². The molecular weight excluding hydrogens is 276 g/mol. The third-order valence-corrected chi connectivity index (χ3v) is 3.66. The Kier molecular flexibility index (Phi) is 5.99. The minimum Gasteiger partial charge on any atom is -0.373 e. The minimum absolute atomic E-state index is 0. The Balaban J connectivity index is 0.00000200. The van der Waals surface area contributed by atoms with E-state index in [9.17, 15) is 4.79 Å². The summed E-state index contributed by atoms with van der Waals surface area (Å²) < 4.78 is 5.64. The summed E-state index contributed by atoms with van der Waals surface area (Å²) >= 11 is 0. The normalized spacial score (nSPS) is 22.9. The lowest BCUT2D eigenvalue weighted by Crippen LogP contribution is -2.43. The first kappa shape index (κ1) is 17.0. The van der Waals surface area contributed by atoms with Crippen LogP contribution in [-0.2, 0) is 9.53 Å². The van der Waals surface area contributed by atoms with Crippen molar-refractivity contribution in [3.8, 4) is 0 Å². The number of hydrogen-bond acceptors (Lipinski definition) is 3. The van der Waals surface area contributed by atoms with Crippen molar-refractivity contribution in [3.63, 3.8) is 0 Å². The van der Waals surface area contributed by atoms with Gasteiger partial charge in [0, 0.05) is 13.2 Å². The van der Waals surface area contributed by atoms with Gasteiger partial charge in [-0.15, -0.1) is 12.4 Å². The van der Waals surface area contributed by atoms with Gasteiger partial charge < -0.3 is 15.8 Å². The van der Waals surface area contributed by atoms with Gasteiger partial charge >= 0.3 is 0 Å². The molecule has 1 amide bonds. The zero-order valence-corrected chi connectivity index (χ0v) is 12.8. The third-order valence-electron chi connectivity index (χ3n) is 3.66. The molecule has 1 aromatic rings. The van der Waals surface area contributed by atoms with Crippen molar-refractivity contribution in [3.05, 3.63) is 35.4 Å². The van der Waals surface area contributed by atoms with E-state index in [0.29, 0.717) is 6.54 Å². The molecule has 1 aliphatic heterocycles. The fraction of sp³-hybridized carbons (Fsp3) is 0.533. The van der Waals surface area contributed by atoms with Gasteiger partial charge in [0.1, 0.15) is 6.04 Å². The summed E-state index contributed by atoms with van der Waals surface area (Å²) in [6.45, 7) is 5.33. The molecule has 0 aliphatic carbocycles. The van der Waals surface area contributed by atoms with E-state index in [1.54, 1.807) is 0 Å². The molecule has 2 unspecified atom stereocenters. The quantitative estimate of drug-likeness (QED) is 0.895. The average Bonchev–Trinajstić information content (AvgIpc) is 2.83. The van der Waals surface area contributed by atoms with Gasteiger partial charge in [0.2, 0.25) is 5.91 Å². The zero-order valence-electron chi connectivity index (χ0n) is 12.0. The van der Waals surface area contributed by atoms with E-state index in [-0.39, 0.29) is 23.9 Å². The Morgan fingerprint density at radius 3 is 2.65 bits per heavy atom. The number of carbonyl (C=O) groups is 1. The SMILES string of the molecule is Cc1ccc(C(N)C(=O)NCC2(C)CCCO2)cc1.Cl. The van der Waals surface area contributed by atoms with E-state index in [4.69, 9.17) is 10.5 Å². The van der Waals surface area contributed by atoms with Crippen LogP contribution in [-0.4, -0.2) is 24.7 Å². The molecule has 3 N–H and O–H groups in total. The molecular formula is C15H23ClN2O2. The maximum absolute atomic E-state index is 12.0. The molecule has 0 radical (unpaired) electrons. The smallest absolute Gasteiger partial charge is 0.241 e. The van der Waals surface area contributed by atoms with Crippen LogP contribution < -0.4 is 11.1 Å². The largest absolute Gasteiger partial charge is 0.373 e. The second kappa shape index (κ2) is 7.07. The zero-order chi connectivity index (χ0) is 13.9. The van der Waals surface area contributed by atoms with Gasteiger partial charge in [0.15, 0.2) is 0 Å². The summed E-state index contributed by atoms with van der Waals surface area (Å²) in [6.07, 6.45) is 2.03. The van der Waals surface area contributed by atoms with Gasteiger partial charge in [0.05, 0.1) is 5.60 Å². The maximum Gasteiger partial charge on any atom is 0.241 e. The van der Waals surface area contributed by atoms with Crippen molar-refractivity contribution < 1.29 is 9.53 Å². The van der Waals surface area contributed by atoms with Crippen LogP contribution in [0.5, 0.6) is 0 Å². The summed E-state index contributed by atoms with van der Waals surface area (Å²) in [4.78, 5) is 12.0. The van der Waals surface area contributed by atoms with E-state index in [0.717, 1.165) is 30.6 Å². The molecule has 1 aromatic carbocycles. The second-order valence-corrected chi connectivity index (χ2v) is 5.51. The molecule has 20 heavy (non-hydrogen) atoms. The van der Waals surface area contributed by atoms with E-state index < -0.39 is 6.04 Å². The minimum atomic E-state index is -0.620. The molecule has 1 aliphatic rings. The highest BCUT2D eigenvalue weighted by molar-refractivity contribution is 5.85. The molecule has 0 saturated carbocycles. The lowest BCUT2D eigenvalue weighted by Gasteiger charge is -2.24. The molecule has 0 spiro atoms. The number of hydrogen-bond donors (Lipinski definition) is 2. The van der Waals surface area contributed by atoms with Crippen LogP contribution in [0.4, 0.5) is 0 Å². The van der Waals surface area contributed by atoms with Crippen LogP contribution in [0.2, 0.25) is 0 Å². The number of carbonyl (C=O) groups excluding carboxylic acids is 1. The molecule has 1 saturated heterocycles. The first-order valence-corrected chi connectivity index (χ1v) is 6.74. The number of rotatable bonds is 4. The van der Waals surface area contributed by atoms with Gasteiger partial charge in [-0.05, 0) is 32.3 Å². The van der Waals surface area contributed by atoms with Crippen LogP contribution >= 0.6 is 12.4 Å². The molecule has 0 aromatic heterocycles. The summed E-state index contributed by atoms with van der Waals surface area (Å²) in [6, 6.07) is 7.10. The lowest BCUT2D eigenvalue weighted by molar-refractivity contribution is -0.123. The van der Waals surface area contributed by atoms with E-state index >= 15 is 0 Å². The highest BCUT2D eigenvalue weighted by Gasteiger charge is 2.30. The number of benzene rings is 1. The maximum atomic E-state index is 12.0. The number of halogens is 1. The standard InChI is InChI=1S/C15H22N2O2.ClH/c1-11-4-6-12(7-5-11)13(16)14(18)17-10-15(2)8-3-9-19-15;/h4-7,13H,3,8-10,16H2,1-2H3,(H,17,18);1H. The highest BCUT2D eigenvalue weighted by atomic mass is 35.5. The van der Waals surface area contributed by atoms with Gasteiger partial charge in [-0.2, -0.15) is 0 Å². The molecule has 4 nitrogen and oxygen atoms in total. The number of nitrogens with two attached hydrogens (primary N) is 1. The van der Waals surface area contributed by atoms with E-state index in [2.05, 4.69) is 5.32 Å². The van der Waals surface area contributed by atoms with Crippen LogP contribution in [0, 0.1) is 6.92 Å². The molecule has 1 heterocycles. The Hall–Kier alpha value is -1.10. The first-order chi connectivity index (χ1) is 9.00. The average molecular weight is 299 g/mol. The molecule has 0 bridgehead atoms. The Bertz CT molecular complexity index is 442. The fourth-order valence-electron chi connectivity index (χ4n) is 2.29. The monoisotopic (exact) mass is 298 g/mol. The third kappa shape index (κ3) is 4.20. The Morgan fingerprint density at radius 2 is 2.10 bits per heavy atom. The molecule has 1 fully saturated rings. The van der Waals surface area contributed by atoms with E-state index in [1.165, 1.54) is 0 Å². The number of ether oxygens (including phenoxy) is 1. The molecule has 112 valence electrons. The van der Waals surface area contributed by atoms with Gasteiger partial charge in [-0.1, -0.05) is 29.8 Å². The van der Waals surface area contributed by atoms with Crippen LogP contribution in [0.1, 0.15) is 36.9 Å².